The Morgan fingerprint density at radius 3 is 1.88 bits per heavy atom. The second kappa shape index (κ2) is 2.86. The van der Waals surface area contributed by atoms with Gasteiger partial charge in [0, 0.05) is 5.92 Å². The topological polar surface area (TPSA) is 119 Å². The zero-order chi connectivity index (χ0) is 12.7. The Bertz CT molecular complexity index is 596. The first-order chi connectivity index (χ1) is 8.12. The van der Waals surface area contributed by atoms with E-state index in [0.29, 0.717) is 0 Å². The lowest BCUT2D eigenvalue weighted by molar-refractivity contribution is 0.236. The number of allylic oxidation sites excluding steroid dienone is 2. The molecule has 0 saturated heterocycles. The predicted octanol–water partition coefficient (Wildman–Crippen LogP) is 1.15. The fraction of sp³-hybridized carbons (Fsp3) is 0.417. The summed E-state index contributed by atoms with van der Waals surface area (Å²) in [5, 5.41) is 46.2. The molecular formula is C12H5N5. The van der Waals surface area contributed by atoms with E-state index >= 15 is 0 Å². The molecule has 5 nitrogen and oxygen atoms in total. The van der Waals surface area contributed by atoms with Gasteiger partial charge < -0.3 is 0 Å². The average molecular weight is 219 g/mol. The maximum absolute atomic E-state index is 9.27. The predicted molar refractivity (Wildman–Crippen MR) is 52.6 cm³/mol. The van der Waals surface area contributed by atoms with Crippen molar-refractivity contribution in [3.05, 3.63) is 12.2 Å². The van der Waals surface area contributed by atoms with Gasteiger partial charge in [-0.1, -0.05) is 12.2 Å². The summed E-state index contributed by atoms with van der Waals surface area (Å²) < 4.78 is 0. The Kier molecular flexibility index (Phi) is 1.80. The summed E-state index contributed by atoms with van der Waals surface area (Å²) >= 11 is 0. The third-order valence-corrected chi connectivity index (χ3v) is 3.86. The molecule has 0 aromatic carbocycles. The highest BCUT2D eigenvalue weighted by atomic mass is 14.7. The van der Waals surface area contributed by atoms with Crippen LogP contribution >= 0.6 is 0 Å². The molecule has 2 bridgehead atoms. The molecule has 2 aliphatic rings. The van der Waals surface area contributed by atoms with Gasteiger partial charge in [0.05, 0.1) is 30.3 Å². The molecule has 17 heavy (non-hydrogen) atoms. The van der Waals surface area contributed by atoms with Crippen LogP contribution in [0.15, 0.2) is 12.2 Å². The number of rotatable bonds is 0. The van der Waals surface area contributed by atoms with Crippen LogP contribution in [-0.2, 0) is 0 Å². The minimum absolute atomic E-state index is 0.186. The van der Waals surface area contributed by atoms with Crippen LogP contribution < -0.4 is 0 Å². The van der Waals surface area contributed by atoms with Gasteiger partial charge in [-0.3, -0.25) is 0 Å². The second-order valence-electron chi connectivity index (χ2n) is 4.26. The lowest BCUT2D eigenvalue weighted by Crippen LogP contribution is -2.46. The Morgan fingerprint density at radius 2 is 1.47 bits per heavy atom. The summed E-state index contributed by atoms with van der Waals surface area (Å²) in [5.74, 6) is -0.531. The fourth-order valence-corrected chi connectivity index (χ4v) is 2.89. The average Bonchev–Trinajstić information content (AvgIpc) is 2.91. The lowest BCUT2D eigenvalue weighted by atomic mass is 9.55. The number of fused-ring (bicyclic) bond motifs is 2. The van der Waals surface area contributed by atoms with E-state index in [4.69, 9.17) is 0 Å². The first-order valence-electron chi connectivity index (χ1n) is 4.87. The zero-order valence-corrected chi connectivity index (χ0v) is 8.68. The molecule has 2 unspecified atom stereocenters. The Hall–Kier alpha value is -2.81. The number of nitriles is 5. The Morgan fingerprint density at radius 1 is 0.882 bits per heavy atom. The number of nitrogens with zero attached hydrogens (tertiary/aromatic N) is 5. The molecule has 0 aliphatic heterocycles. The van der Waals surface area contributed by atoms with Crippen LogP contribution in [0.1, 0.15) is 6.42 Å². The van der Waals surface area contributed by atoms with E-state index in [-0.39, 0.29) is 6.42 Å². The van der Waals surface area contributed by atoms with Crippen molar-refractivity contribution >= 4 is 0 Å². The molecule has 0 spiro atoms. The highest BCUT2D eigenvalue weighted by Crippen LogP contribution is 2.69. The van der Waals surface area contributed by atoms with Crippen LogP contribution in [0.3, 0.4) is 0 Å². The molecule has 1 fully saturated rings. The van der Waals surface area contributed by atoms with Crippen molar-refractivity contribution in [3.8, 4) is 30.3 Å². The number of hydrogen-bond donors (Lipinski definition) is 0. The first kappa shape index (κ1) is 10.7. The first-order valence-corrected chi connectivity index (χ1v) is 4.87. The normalized spacial score (nSPS) is 33.7. The van der Waals surface area contributed by atoms with Crippen molar-refractivity contribution in [1.82, 2.24) is 0 Å². The summed E-state index contributed by atoms with van der Waals surface area (Å²) in [6.45, 7) is 0. The Balaban J connectivity index is 2.88. The third kappa shape index (κ3) is 0.742. The molecule has 0 heterocycles. The van der Waals surface area contributed by atoms with Gasteiger partial charge in [0.25, 0.3) is 0 Å². The maximum atomic E-state index is 9.27. The van der Waals surface area contributed by atoms with Gasteiger partial charge in [-0.25, -0.2) is 0 Å². The van der Waals surface area contributed by atoms with Crippen molar-refractivity contribution in [2.24, 2.45) is 22.2 Å². The smallest absolute Gasteiger partial charge is 0.197 e. The summed E-state index contributed by atoms with van der Waals surface area (Å²) in [6.07, 6.45) is 3.28. The van der Waals surface area contributed by atoms with Crippen molar-refractivity contribution in [2.75, 3.05) is 0 Å². The molecule has 0 radical (unpaired) electrons. The molecule has 5 heteroatoms. The van der Waals surface area contributed by atoms with Crippen LogP contribution in [0.4, 0.5) is 0 Å². The van der Waals surface area contributed by atoms with Crippen LogP contribution in [0.5, 0.6) is 0 Å². The highest BCUT2D eigenvalue weighted by Gasteiger charge is 2.76. The van der Waals surface area contributed by atoms with E-state index in [9.17, 15) is 26.3 Å². The molecule has 2 aliphatic carbocycles. The minimum atomic E-state index is -1.91. The van der Waals surface area contributed by atoms with Crippen molar-refractivity contribution in [1.29, 1.82) is 26.3 Å². The van der Waals surface area contributed by atoms with E-state index in [0.717, 1.165) is 0 Å². The molecule has 0 aromatic rings. The molecule has 0 amide bonds. The minimum Gasteiger partial charge on any atom is -0.197 e. The van der Waals surface area contributed by atoms with Crippen molar-refractivity contribution < 1.29 is 0 Å². The summed E-state index contributed by atoms with van der Waals surface area (Å²) in [6, 6.07) is 9.08. The van der Waals surface area contributed by atoms with Crippen LogP contribution in [0.25, 0.3) is 0 Å². The zero-order valence-electron chi connectivity index (χ0n) is 8.68. The summed E-state index contributed by atoms with van der Waals surface area (Å²) in [4.78, 5) is 0. The van der Waals surface area contributed by atoms with Gasteiger partial charge in [-0.2, -0.15) is 26.3 Å². The van der Waals surface area contributed by atoms with Gasteiger partial charge in [0.15, 0.2) is 10.8 Å². The number of hydrogen-bond acceptors (Lipinski definition) is 5. The van der Waals surface area contributed by atoms with Crippen molar-refractivity contribution in [2.45, 2.75) is 6.42 Å². The quantitative estimate of drug-likeness (QED) is 0.566. The standard InChI is InChI=1S/C12H5N5/c13-4-10-2-1-9(3-10)11(5-14,6-15)12(10,7-16)8-17/h1-2,9H,3H2. The van der Waals surface area contributed by atoms with Crippen LogP contribution in [0.2, 0.25) is 0 Å². The molecule has 78 valence electrons. The highest BCUT2D eigenvalue weighted by molar-refractivity contribution is 5.53. The largest absolute Gasteiger partial charge is 0.197 e. The molecule has 2 rings (SSSR count). The molecule has 0 N–H and O–H groups in total. The van der Waals surface area contributed by atoms with E-state index in [1.807, 2.05) is 6.07 Å². The van der Waals surface area contributed by atoms with Gasteiger partial charge in [-0.05, 0) is 6.42 Å². The van der Waals surface area contributed by atoms with Crippen LogP contribution in [0, 0.1) is 78.8 Å². The van der Waals surface area contributed by atoms with Crippen molar-refractivity contribution in [3.63, 3.8) is 0 Å². The molecular weight excluding hydrogens is 214 g/mol. The van der Waals surface area contributed by atoms with E-state index in [2.05, 4.69) is 0 Å². The third-order valence-electron chi connectivity index (χ3n) is 3.86. The SMILES string of the molecule is N#CC12C=CC(C1)C(C#N)(C#N)C2(C#N)C#N. The van der Waals surface area contributed by atoms with Gasteiger partial charge in [0.2, 0.25) is 0 Å². The summed E-state index contributed by atoms with van der Waals surface area (Å²) in [7, 11) is 0. The molecule has 0 aromatic heterocycles. The maximum Gasteiger partial charge on any atom is 0.197 e. The lowest BCUT2D eigenvalue weighted by Gasteiger charge is -2.35. The fourth-order valence-electron chi connectivity index (χ4n) is 2.89. The van der Waals surface area contributed by atoms with E-state index in [1.54, 1.807) is 30.4 Å². The van der Waals surface area contributed by atoms with Gasteiger partial charge >= 0.3 is 0 Å². The molecule has 2 atom stereocenters. The summed E-state index contributed by atoms with van der Waals surface area (Å²) in [5.41, 5.74) is -4.99. The van der Waals surface area contributed by atoms with Crippen LogP contribution in [-0.4, -0.2) is 0 Å². The van der Waals surface area contributed by atoms with Gasteiger partial charge in [0.1, 0.15) is 5.41 Å². The molecule has 1 saturated carbocycles. The van der Waals surface area contributed by atoms with E-state index in [1.165, 1.54) is 6.08 Å². The van der Waals surface area contributed by atoms with E-state index < -0.39 is 22.2 Å². The van der Waals surface area contributed by atoms with Gasteiger partial charge in [-0.15, -0.1) is 0 Å². The monoisotopic (exact) mass is 219 g/mol. The Labute approximate surface area is 98.0 Å². The second-order valence-corrected chi connectivity index (χ2v) is 4.26.